The molecule has 1 aliphatic heterocycles. The van der Waals surface area contributed by atoms with Gasteiger partial charge in [-0.25, -0.2) is 0 Å². The number of hydrogen-bond acceptors (Lipinski definition) is 2. The van der Waals surface area contributed by atoms with Crippen LogP contribution in [0.25, 0.3) is 0 Å². The summed E-state index contributed by atoms with van der Waals surface area (Å²) in [6, 6.07) is 4.19. The Bertz CT molecular complexity index is 258. The fraction of sp³-hybridized carbons (Fsp3) is 0.545. The van der Waals surface area contributed by atoms with Crippen LogP contribution in [0.5, 0.6) is 0 Å². The minimum absolute atomic E-state index is 0.835. The Morgan fingerprint density at radius 3 is 2.85 bits per heavy atom. The summed E-state index contributed by atoms with van der Waals surface area (Å²) >= 11 is 0. The lowest BCUT2D eigenvalue weighted by molar-refractivity contribution is 0.447. The third-order valence-corrected chi connectivity index (χ3v) is 2.68. The molecule has 1 aromatic heterocycles. The summed E-state index contributed by atoms with van der Waals surface area (Å²) in [6.45, 7) is 4.73. The SMILES string of the molecule is C[C@@H]1CCCN(c2ccncc2)C1. The molecule has 1 fully saturated rings. The number of anilines is 1. The van der Waals surface area contributed by atoms with Gasteiger partial charge in [-0.1, -0.05) is 6.92 Å². The van der Waals surface area contributed by atoms with Crippen molar-refractivity contribution in [1.82, 2.24) is 4.98 Å². The molecule has 0 radical (unpaired) electrons. The molecule has 0 saturated carbocycles. The van der Waals surface area contributed by atoms with Gasteiger partial charge < -0.3 is 4.90 Å². The largest absolute Gasteiger partial charge is 0.371 e. The summed E-state index contributed by atoms with van der Waals surface area (Å²) in [6.07, 6.45) is 6.44. The van der Waals surface area contributed by atoms with Gasteiger partial charge in [0.05, 0.1) is 0 Å². The highest BCUT2D eigenvalue weighted by Gasteiger charge is 2.15. The van der Waals surface area contributed by atoms with Crippen LogP contribution in [-0.2, 0) is 0 Å². The predicted octanol–water partition coefficient (Wildman–Crippen LogP) is 2.32. The number of piperidine rings is 1. The average Bonchev–Trinajstić information content (AvgIpc) is 2.19. The molecule has 70 valence electrons. The second-order valence-corrected chi connectivity index (χ2v) is 3.90. The zero-order valence-electron chi connectivity index (χ0n) is 8.11. The standard InChI is InChI=1S/C11H16N2/c1-10-3-2-8-13(9-10)11-4-6-12-7-5-11/h4-7,10H,2-3,8-9H2,1H3/t10-/m1/s1. The Morgan fingerprint density at radius 2 is 2.15 bits per heavy atom. The van der Waals surface area contributed by atoms with E-state index in [1.165, 1.54) is 31.6 Å². The van der Waals surface area contributed by atoms with Gasteiger partial charge in [0, 0.05) is 31.2 Å². The van der Waals surface area contributed by atoms with Crippen LogP contribution in [-0.4, -0.2) is 18.1 Å². The third-order valence-electron chi connectivity index (χ3n) is 2.68. The number of rotatable bonds is 1. The number of hydrogen-bond donors (Lipinski definition) is 0. The highest BCUT2D eigenvalue weighted by atomic mass is 15.1. The Hall–Kier alpha value is -1.05. The normalized spacial score (nSPS) is 23.2. The summed E-state index contributed by atoms with van der Waals surface area (Å²) in [4.78, 5) is 6.49. The monoisotopic (exact) mass is 176 g/mol. The topological polar surface area (TPSA) is 16.1 Å². The molecule has 0 aliphatic carbocycles. The van der Waals surface area contributed by atoms with Gasteiger partial charge in [-0.05, 0) is 30.9 Å². The Labute approximate surface area is 79.6 Å². The van der Waals surface area contributed by atoms with E-state index in [1.54, 1.807) is 0 Å². The quantitative estimate of drug-likeness (QED) is 0.652. The highest BCUT2D eigenvalue weighted by Crippen LogP contribution is 2.21. The van der Waals surface area contributed by atoms with Gasteiger partial charge in [-0.3, -0.25) is 4.98 Å². The van der Waals surface area contributed by atoms with Gasteiger partial charge in [0.25, 0.3) is 0 Å². The van der Waals surface area contributed by atoms with Crippen LogP contribution < -0.4 is 4.90 Å². The molecule has 0 aromatic carbocycles. The van der Waals surface area contributed by atoms with Crippen molar-refractivity contribution in [2.24, 2.45) is 5.92 Å². The van der Waals surface area contributed by atoms with E-state index in [2.05, 4.69) is 28.9 Å². The minimum atomic E-state index is 0.835. The molecule has 0 unspecified atom stereocenters. The molecular formula is C11H16N2. The maximum absolute atomic E-state index is 4.03. The van der Waals surface area contributed by atoms with Crippen LogP contribution in [0.3, 0.4) is 0 Å². The van der Waals surface area contributed by atoms with E-state index in [0.717, 1.165) is 5.92 Å². The fourth-order valence-corrected chi connectivity index (χ4v) is 1.98. The Balaban J connectivity index is 2.08. The second-order valence-electron chi connectivity index (χ2n) is 3.90. The smallest absolute Gasteiger partial charge is 0.0397 e. The van der Waals surface area contributed by atoms with Crippen molar-refractivity contribution in [3.8, 4) is 0 Å². The molecule has 0 N–H and O–H groups in total. The average molecular weight is 176 g/mol. The van der Waals surface area contributed by atoms with Gasteiger partial charge in [0.2, 0.25) is 0 Å². The van der Waals surface area contributed by atoms with Crippen LogP contribution in [0.1, 0.15) is 19.8 Å². The van der Waals surface area contributed by atoms with E-state index in [4.69, 9.17) is 0 Å². The third kappa shape index (κ3) is 2.00. The van der Waals surface area contributed by atoms with Crippen molar-refractivity contribution in [1.29, 1.82) is 0 Å². The molecule has 1 saturated heterocycles. The first-order chi connectivity index (χ1) is 6.36. The van der Waals surface area contributed by atoms with Gasteiger partial charge in [-0.15, -0.1) is 0 Å². The minimum Gasteiger partial charge on any atom is -0.371 e. The van der Waals surface area contributed by atoms with Crippen LogP contribution in [0.15, 0.2) is 24.5 Å². The van der Waals surface area contributed by atoms with Crippen molar-refractivity contribution >= 4 is 5.69 Å². The molecule has 1 aliphatic rings. The van der Waals surface area contributed by atoms with Gasteiger partial charge in [-0.2, -0.15) is 0 Å². The first-order valence-electron chi connectivity index (χ1n) is 5.01. The number of pyridine rings is 1. The molecule has 2 heterocycles. The molecular weight excluding hydrogens is 160 g/mol. The summed E-state index contributed by atoms with van der Waals surface area (Å²) in [5.74, 6) is 0.835. The van der Waals surface area contributed by atoms with E-state index < -0.39 is 0 Å². The molecule has 1 aromatic rings. The summed E-state index contributed by atoms with van der Waals surface area (Å²) in [5.41, 5.74) is 1.32. The zero-order valence-corrected chi connectivity index (χ0v) is 8.11. The van der Waals surface area contributed by atoms with E-state index >= 15 is 0 Å². The first kappa shape index (κ1) is 8.54. The molecule has 0 bridgehead atoms. The van der Waals surface area contributed by atoms with Crippen molar-refractivity contribution in [3.63, 3.8) is 0 Å². The van der Waals surface area contributed by atoms with Crippen molar-refractivity contribution in [2.45, 2.75) is 19.8 Å². The van der Waals surface area contributed by atoms with Crippen molar-refractivity contribution < 1.29 is 0 Å². The molecule has 1 atom stereocenters. The van der Waals surface area contributed by atoms with E-state index in [9.17, 15) is 0 Å². The second kappa shape index (κ2) is 3.77. The lowest BCUT2D eigenvalue weighted by Crippen LogP contribution is -2.34. The molecule has 2 rings (SSSR count). The molecule has 0 amide bonds. The van der Waals surface area contributed by atoms with Crippen LogP contribution >= 0.6 is 0 Å². The van der Waals surface area contributed by atoms with E-state index in [1.807, 2.05) is 12.4 Å². The Morgan fingerprint density at radius 1 is 1.38 bits per heavy atom. The van der Waals surface area contributed by atoms with Crippen LogP contribution in [0.2, 0.25) is 0 Å². The van der Waals surface area contributed by atoms with Crippen molar-refractivity contribution in [3.05, 3.63) is 24.5 Å². The van der Waals surface area contributed by atoms with Crippen LogP contribution in [0, 0.1) is 5.92 Å². The molecule has 13 heavy (non-hydrogen) atoms. The van der Waals surface area contributed by atoms with E-state index in [0.29, 0.717) is 0 Å². The predicted molar refractivity (Wildman–Crippen MR) is 54.8 cm³/mol. The molecule has 2 nitrogen and oxygen atoms in total. The summed E-state index contributed by atoms with van der Waals surface area (Å²) < 4.78 is 0. The first-order valence-corrected chi connectivity index (χ1v) is 5.01. The van der Waals surface area contributed by atoms with Crippen molar-refractivity contribution in [2.75, 3.05) is 18.0 Å². The van der Waals surface area contributed by atoms with Gasteiger partial charge >= 0.3 is 0 Å². The molecule has 2 heteroatoms. The molecule has 0 spiro atoms. The van der Waals surface area contributed by atoms with E-state index in [-0.39, 0.29) is 0 Å². The fourth-order valence-electron chi connectivity index (χ4n) is 1.98. The lowest BCUT2D eigenvalue weighted by Gasteiger charge is -2.32. The number of nitrogens with zero attached hydrogens (tertiary/aromatic N) is 2. The zero-order chi connectivity index (χ0) is 9.10. The summed E-state index contributed by atoms with van der Waals surface area (Å²) in [5, 5.41) is 0. The van der Waals surface area contributed by atoms with Gasteiger partial charge in [0.15, 0.2) is 0 Å². The maximum Gasteiger partial charge on any atom is 0.0397 e. The highest BCUT2D eigenvalue weighted by molar-refractivity contribution is 5.44. The lowest BCUT2D eigenvalue weighted by atomic mass is 10.00. The van der Waals surface area contributed by atoms with Gasteiger partial charge in [0.1, 0.15) is 0 Å². The Kier molecular flexibility index (Phi) is 2.48. The number of aromatic nitrogens is 1. The van der Waals surface area contributed by atoms with Crippen LogP contribution in [0.4, 0.5) is 5.69 Å². The maximum atomic E-state index is 4.03. The summed E-state index contributed by atoms with van der Waals surface area (Å²) in [7, 11) is 0.